The second-order valence-corrected chi connectivity index (χ2v) is 3.11. The number of rotatable bonds is 2. The maximum absolute atomic E-state index is 5.51. The minimum atomic E-state index is 0.646. The SMILES string of the molecule is Cc1nc(CCN)n2ccccc12. The van der Waals surface area contributed by atoms with E-state index in [-0.39, 0.29) is 0 Å². The van der Waals surface area contributed by atoms with E-state index >= 15 is 0 Å². The molecule has 0 spiro atoms. The lowest BCUT2D eigenvalue weighted by atomic mass is 10.3. The van der Waals surface area contributed by atoms with Crippen LogP contribution in [-0.2, 0) is 6.42 Å². The standard InChI is InChI=1S/C10H13N3/c1-8-9-4-2-3-7-13(9)10(12-8)5-6-11/h2-4,7H,5-6,11H2,1H3. The Bertz CT molecular complexity index is 417. The molecule has 13 heavy (non-hydrogen) atoms. The number of hydrogen-bond acceptors (Lipinski definition) is 2. The third kappa shape index (κ3) is 1.31. The summed E-state index contributed by atoms with van der Waals surface area (Å²) < 4.78 is 2.10. The molecule has 68 valence electrons. The van der Waals surface area contributed by atoms with Gasteiger partial charge >= 0.3 is 0 Å². The van der Waals surface area contributed by atoms with E-state index in [4.69, 9.17) is 5.73 Å². The molecule has 2 heterocycles. The molecule has 0 amide bonds. The largest absolute Gasteiger partial charge is 0.330 e. The number of nitrogens with two attached hydrogens (primary N) is 1. The summed E-state index contributed by atoms with van der Waals surface area (Å²) in [6, 6.07) is 6.10. The number of imidazole rings is 1. The van der Waals surface area contributed by atoms with Gasteiger partial charge in [0.05, 0.1) is 11.2 Å². The van der Waals surface area contributed by atoms with Gasteiger partial charge in [-0.1, -0.05) is 6.07 Å². The maximum Gasteiger partial charge on any atom is 0.114 e. The van der Waals surface area contributed by atoms with Gasteiger partial charge in [-0.3, -0.25) is 0 Å². The first-order valence-corrected chi connectivity index (χ1v) is 4.45. The normalized spacial score (nSPS) is 10.9. The van der Waals surface area contributed by atoms with E-state index in [0.717, 1.165) is 17.9 Å². The smallest absolute Gasteiger partial charge is 0.114 e. The number of fused-ring (bicyclic) bond motifs is 1. The topological polar surface area (TPSA) is 43.3 Å². The summed E-state index contributed by atoms with van der Waals surface area (Å²) in [5.74, 6) is 1.05. The molecule has 0 aliphatic rings. The maximum atomic E-state index is 5.51. The van der Waals surface area contributed by atoms with E-state index in [2.05, 4.69) is 15.5 Å². The molecule has 0 bridgehead atoms. The monoisotopic (exact) mass is 175 g/mol. The van der Waals surface area contributed by atoms with Crippen LogP contribution in [-0.4, -0.2) is 15.9 Å². The predicted octanol–water partition coefficient (Wildman–Crippen LogP) is 1.14. The number of aromatic nitrogens is 2. The Morgan fingerprint density at radius 1 is 1.46 bits per heavy atom. The van der Waals surface area contributed by atoms with Gasteiger partial charge in [-0.05, 0) is 25.6 Å². The third-order valence-electron chi connectivity index (χ3n) is 2.17. The van der Waals surface area contributed by atoms with Crippen LogP contribution >= 0.6 is 0 Å². The first kappa shape index (κ1) is 8.26. The molecular weight excluding hydrogens is 162 g/mol. The van der Waals surface area contributed by atoms with Gasteiger partial charge in [-0.15, -0.1) is 0 Å². The Balaban J connectivity index is 2.63. The minimum absolute atomic E-state index is 0.646. The quantitative estimate of drug-likeness (QED) is 0.744. The van der Waals surface area contributed by atoms with Crippen molar-refractivity contribution >= 4 is 5.52 Å². The summed E-state index contributed by atoms with van der Waals surface area (Å²) in [4.78, 5) is 4.46. The van der Waals surface area contributed by atoms with Crippen molar-refractivity contribution in [3.63, 3.8) is 0 Å². The lowest BCUT2D eigenvalue weighted by Crippen LogP contribution is -2.05. The van der Waals surface area contributed by atoms with Crippen LogP contribution in [0.2, 0.25) is 0 Å². The molecule has 0 aliphatic carbocycles. The zero-order valence-corrected chi connectivity index (χ0v) is 7.70. The highest BCUT2D eigenvalue weighted by molar-refractivity contribution is 5.52. The van der Waals surface area contributed by atoms with Gasteiger partial charge in [0.25, 0.3) is 0 Å². The highest BCUT2D eigenvalue weighted by Crippen LogP contribution is 2.11. The molecule has 0 unspecified atom stereocenters. The van der Waals surface area contributed by atoms with Crippen molar-refractivity contribution in [3.8, 4) is 0 Å². The van der Waals surface area contributed by atoms with Crippen LogP contribution in [0.1, 0.15) is 11.5 Å². The molecule has 0 atom stereocenters. The van der Waals surface area contributed by atoms with E-state index in [0.29, 0.717) is 6.54 Å². The van der Waals surface area contributed by atoms with Crippen LogP contribution in [0.5, 0.6) is 0 Å². The second kappa shape index (κ2) is 3.18. The van der Waals surface area contributed by atoms with Crippen LogP contribution in [0.15, 0.2) is 24.4 Å². The van der Waals surface area contributed by atoms with E-state index in [1.54, 1.807) is 0 Å². The molecule has 3 nitrogen and oxygen atoms in total. The molecule has 2 aromatic rings. The first-order chi connectivity index (χ1) is 6.33. The van der Waals surface area contributed by atoms with Crippen molar-refractivity contribution in [2.75, 3.05) is 6.54 Å². The number of aryl methyl sites for hydroxylation is 1. The minimum Gasteiger partial charge on any atom is -0.330 e. The highest BCUT2D eigenvalue weighted by Gasteiger charge is 2.04. The van der Waals surface area contributed by atoms with Crippen LogP contribution in [0, 0.1) is 6.92 Å². The molecule has 0 saturated heterocycles. The summed E-state index contributed by atoms with van der Waals surface area (Å²) >= 11 is 0. The molecule has 0 aliphatic heterocycles. The van der Waals surface area contributed by atoms with Crippen molar-refractivity contribution in [3.05, 3.63) is 35.9 Å². The molecule has 2 rings (SSSR count). The Morgan fingerprint density at radius 3 is 3.08 bits per heavy atom. The van der Waals surface area contributed by atoms with Crippen LogP contribution in [0.3, 0.4) is 0 Å². The predicted molar refractivity (Wildman–Crippen MR) is 52.7 cm³/mol. The second-order valence-electron chi connectivity index (χ2n) is 3.11. The van der Waals surface area contributed by atoms with Gasteiger partial charge in [-0.2, -0.15) is 0 Å². The van der Waals surface area contributed by atoms with Crippen LogP contribution in [0.4, 0.5) is 0 Å². The Labute approximate surface area is 77.2 Å². The fourth-order valence-corrected chi connectivity index (χ4v) is 1.57. The van der Waals surface area contributed by atoms with Crippen molar-refractivity contribution in [2.24, 2.45) is 5.73 Å². The van der Waals surface area contributed by atoms with E-state index in [1.807, 2.05) is 25.3 Å². The summed E-state index contributed by atoms with van der Waals surface area (Å²) in [5.41, 5.74) is 7.75. The summed E-state index contributed by atoms with van der Waals surface area (Å²) in [7, 11) is 0. The van der Waals surface area contributed by atoms with Gasteiger partial charge in [0, 0.05) is 12.6 Å². The zero-order chi connectivity index (χ0) is 9.26. The fraction of sp³-hybridized carbons (Fsp3) is 0.300. The van der Waals surface area contributed by atoms with Gasteiger partial charge in [0.1, 0.15) is 5.82 Å². The number of nitrogens with zero attached hydrogens (tertiary/aromatic N) is 2. The third-order valence-corrected chi connectivity index (χ3v) is 2.17. The molecule has 3 heteroatoms. The van der Waals surface area contributed by atoms with Crippen LogP contribution < -0.4 is 5.73 Å². The average Bonchev–Trinajstić information content (AvgIpc) is 2.46. The van der Waals surface area contributed by atoms with Crippen molar-refractivity contribution < 1.29 is 0 Å². The lowest BCUT2D eigenvalue weighted by Gasteiger charge is -1.97. The van der Waals surface area contributed by atoms with E-state index in [1.165, 1.54) is 5.52 Å². The number of hydrogen-bond donors (Lipinski definition) is 1. The highest BCUT2D eigenvalue weighted by atomic mass is 15.0. The Hall–Kier alpha value is -1.35. The average molecular weight is 175 g/mol. The van der Waals surface area contributed by atoms with E-state index < -0.39 is 0 Å². The van der Waals surface area contributed by atoms with Gasteiger partial charge in [-0.25, -0.2) is 4.98 Å². The van der Waals surface area contributed by atoms with Gasteiger partial charge < -0.3 is 10.1 Å². The molecule has 2 aromatic heterocycles. The molecule has 0 aromatic carbocycles. The Kier molecular flexibility index (Phi) is 2.02. The zero-order valence-electron chi connectivity index (χ0n) is 7.70. The first-order valence-electron chi connectivity index (χ1n) is 4.45. The van der Waals surface area contributed by atoms with Crippen molar-refractivity contribution in [2.45, 2.75) is 13.3 Å². The lowest BCUT2D eigenvalue weighted by molar-refractivity contribution is 0.860. The summed E-state index contributed by atoms with van der Waals surface area (Å²) in [5, 5.41) is 0. The molecule has 0 saturated carbocycles. The number of pyridine rings is 1. The molecule has 2 N–H and O–H groups in total. The summed E-state index contributed by atoms with van der Waals surface area (Å²) in [6.45, 7) is 2.67. The molecular formula is C10H13N3. The fourth-order valence-electron chi connectivity index (χ4n) is 1.57. The molecule has 0 fully saturated rings. The van der Waals surface area contributed by atoms with Crippen molar-refractivity contribution in [1.82, 2.24) is 9.38 Å². The van der Waals surface area contributed by atoms with Crippen LogP contribution in [0.25, 0.3) is 5.52 Å². The van der Waals surface area contributed by atoms with Gasteiger partial charge in [0.15, 0.2) is 0 Å². The van der Waals surface area contributed by atoms with Gasteiger partial charge in [0.2, 0.25) is 0 Å². The van der Waals surface area contributed by atoms with E-state index in [9.17, 15) is 0 Å². The van der Waals surface area contributed by atoms with Crippen molar-refractivity contribution in [1.29, 1.82) is 0 Å². The summed E-state index contributed by atoms with van der Waals surface area (Å²) in [6.07, 6.45) is 2.86. The Morgan fingerprint density at radius 2 is 2.31 bits per heavy atom. The molecule has 0 radical (unpaired) electrons.